The number of carbonyl (C=O) groups is 2. The molecule has 2 amide bonds. The summed E-state index contributed by atoms with van der Waals surface area (Å²) in [5, 5.41) is 54.2. The number of rotatable bonds is 11. The average Bonchev–Trinajstić information content (AvgIpc) is 3.35. The summed E-state index contributed by atoms with van der Waals surface area (Å²) in [5.41, 5.74) is 4.87. The van der Waals surface area contributed by atoms with Crippen molar-refractivity contribution >= 4 is 52.5 Å². The second-order valence-electron chi connectivity index (χ2n) is 12.7. The molecule has 1 fully saturated rings. The van der Waals surface area contributed by atoms with E-state index in [2.05, 4.69) is 6.08 Å². The second-order valence-corrected chi connectivity index (χ2v) is 12.7. The first-order valence-electron chi connectivity index (χ1n) is 16.5. The fourth-order valence-electron chi connectivity index (χ4n) is 7.60. The lowest BCUT2D eigenvalue weighted by molar-refractivity contribution is -0.123. The third-order valence-corrected chi connectivity index (χ3v) is 9.81. The first-order chi connectivity index (χ1) is 23.2. The van der Waals surface area contributed by atoms with Crippen LogP contribution in [0.25, 0.3) is 22.4 Å². The van der Waals surface area contributed by atoms with Crippen molar-refractivity contribution < 1.29 is 35.0 Å². The Labute approximate surface area is 280 Å². The van der Waals surface area contributed by atoms with E-state index in [1.807, 2.05) is 67.6 Å². The molecule has 1 aliphatic heterocycles. The molecule has 246 valence electrons. The quantitative estimate of drug-likeness (QED) is 0.0683. The van der Waals surface area contributed by atoms with Gasteiger partial charge < -0.3 is 25.4 Å². The summed E-state index contributed by atoms with van der Waals surface area (Å²) in [6, 6.07) is 27.2. The normalized spacial score (nSPS) is 20.4. The van der Waals surface area contributed by atoms with Crippen molar-refractivity contribution in [3.8, 4) is 5.75 Å². The molecule has 9 heteroatoms. The van der Waals surface area contributed by atoms with E-state index in [0.29, 0.717) is 31.3 Å². The zero-order valence-electron chi connectivity index (χ0n) is 26.9. The van der Waals surface area contributed by atoms with Crippen molar-refractivity contribution in [3.05, 3.63) is 113 Å². The molecule has 2 aliphatic rings. The van der Waals surface area contributed by atoms with Gasteiger partial charge in [0.2, 0.25) is 11.8 Å². The third kappa shape index (κ3) is 6.34. The molecule has 4 atom stereocenters. The number of imide groups is 1. The summed E-state index contributed by atoms with van der Waals surface area (Å²) in [6.45, 7) is 1.62. The van der Waals surface area contributed by atoms with Crippen LogP contribution >= 0.6 is 0 Å². The number of aliphatic hydroxyl groups excluding tert-OH is 2. The number of nitrogens with zero attached hydrogens (tertiary/aromatic N) is 1. The summed E-state index contributed by atoms with van der Waals surface area (Å²) in [6.07, 6.45) is 3.65. The number of aromatic hydroxyl groups is 1. The van der Waals surface area contributed by atoms with Crippen LogP contribution in [0.4, 0.5) is 5.69 Å². The van der Waals surface area contributed by atoms with Crippen LogP contribution in [-0.2, 0) is 9.59 Å². The number of phenolic OH excluding ortho intramolecular Hbond substituents is 1. The Morgan fingerprint density at radius 3 is 2.38 bits per heavy atom. The van der Waals surface area contributed by atoms with Gasteiger partial charge in [-0.15, -0.1) is 0 Å². The van der Waals surface area contributed by atoms with Crippen LogP contribution in [0.5, 0.6) is 5.75 Å². The zero-order valence-corrected chi connectivity index (χ0v) is 26.9. The molecule has 0 unspecified atom stereocenters. The van der Waals surface area contributed by atoms with Crippen LogP contribution in [0.2, 0.25) is 0 Å². The third-order valence-electron chi connectivity index (χ3n) is 9.81. The number of phenols is 1. The molecule has 0 saturated carbocycles. The number of hydrogen-bond acceptors (Lipinski definition) is 7. The Hall–Kier alpha value is -4.54. The van der Waals surface area contributed by atoms with E-state index in [9.17, 15) is 35.0 Å². The molecule has 5 N–H and O–H groups in total. The molecule has 1 saturated heterocycles. The predicted octanol–water partition coefficient (Wildman–Crippen LogP) is 4.82. The van der Waals surface area contributed by atoms with E-state index in [4.69, 9.17) is 0 Å². The van der Waals surface area contributed by atoms with E-state index >= 15 is 0 Å². The highest BCUT2D eigenvalue weighted by atomic mass is 16.4. The Balaban J connectivity index is 1.32. The van der Waals surface area contributed by atoms with Gasteiger partial charge in [-0.05, 0) is 77.0 Å². The number of hydrogen-bond donors (Lipinski definition) is 5. The molecule has 1 heterocycles. The molecule has 4 aromatic rings. The summed E-state index contributed by atoms with van der Waals surface area (Å²) < 4.78 is 0. The number of carbonyl (C=O) groups excluding carboxylic acids is 2. The molecule has 1 aliphatic carbocycles. The maximum Gasteiger partial charge on any atom is 0.488 e. The predicted molar refractivity (Wildman–Crippen MR) is 188 cm³/mol. The highest BCUT2D eigenvalue weighted by molar-refractivity contribution is 6.58. The van der Waals surface area contributed by atoms with Gasteiger partial charge in [0.15, 0.2) is 0 Å². The minimum absolute atomic E-state index is 0.158. The van der Waals surface area contributed by atoms with Crippen LogP contribution in [0.3, 0.4) is 0 Å². The van der Waals surface area contributed by atoms with Crippen molar-refractivity contribution in [2.45, 2.75) is 45.1 Å². The summed E-state index contributed by atoms with van der Waals surface area (Å²) >= 11 is 0. The van der Waals surface area contributed by atoms with Crippen LogP contribution in [0, 0.1) is 17.8 Å². The topological polar surface area (TPSA) is 139 Å². The van der Waals surface area contributed by atoms with Gasteiger partial charge in [0, 0.05) is 11.3 Å². The van der Waals surface area contributed by atoms with Gasteiger partial charge >= 0.3 is 7.12 Å². The van der Waals surface area contributed by atoms with E-state index in [1.54, 1.807) is 18.2 Å². The zero-order chi connectivity index (χ0) is 33.9. The van der Waals surface area contributed by atoms with Crippen molar-refractivity contribution in [2.75, 3.05) is 11.5 Å². The first kappa shape index (κ1) is 33.4. The smallest absolute Gasteiger partial charge is 0.488 e. The van der Waals surface area contributed by atoms with Crippen molar-refractivity contribution in [3.63, 3.8) is 0 Å². The first-order valence-corrected chi connectivity index (χ1v) is 16.5. The average molecular weight is 646 g/mol. The molecule has 0 aromatic heterocycles. The number of fused-ring (bicyclic) bond motifs is 2. The summed E-state index contributed by atoms with van der Waals surface area (Å²) in [4.78, 5) is 28.8. The molecule has 4 aromatic carbocycles. The Bertz CT molecular complexity index is 1890. The fraction of sp³-hybridized carbons (Fsp3) is 0.282. The van der Waals surface area contributed by atoms with Crippen LogP contribution in [0.15, 0.2) is 102 Å². The highest BCUT2D eigenvalue weighted by Gasteiger charge is 2.55. The number of aliphatic hydroxyl groups is 2. The Kier molecular flexibility index (Phi) is 9.94. The molecule has 0 spiro atoms. The SMILES string of the molecule is CCCC1=C([C@H](O)CC/C(=C/c2ccc(O)c3ccccc23)c2ccccc2)[C@H](CO)[C@@H]2C(=O)N(c3cccc(B(O)O)c3)C(=O)[C@@H]2C1. The number of benzene rings is 4. The van der Waals surface area contributed by atoms with E-state index in [-0.39, 0.29) is 22.8 Å². The maximum atomic E-state index is 14.0. The van der Waals surface area contributed by atoms with Gasteiger partial charge in [-0.1, -0.05) is 97.8 Å². The van der Waals surface area contributed by atoms with Crippen LogP contribution < -0.4 is 10.4 Å². The van der Waals surface area contributed by atoms with E-state index in [1.165, 1.54) is 12.1 Å². The monoisotopic (exact) mass is 645 g/mol. The molecule has 0 bridgehead atoms. The van der Waals surface area contributed by atoms with E-state index < -0.39 is 43.5 Å². The standard InChI is InChI=1S/C39H40BNO7/c1-2-9-27-21-32-37(39(46)41(38(32)45)29-13-8-12-28(22-29)40(47)48)33(23-42)36(27)35(44)19-16-25(24-10-4-3-5-11-24)20-26-17-18-34(43)31-15-7-6-14-30(26)31/h3-8,10-15,17-18,20,22,32-33,35,37,42-44,47-48H,2,9,16,19,21,23H2,1H3/b25-20-/t32-,33+,35-,37-/m1/s1. The van der Waals surface area contributed by atoms with Crippen molar-refractivity contribution in [1.29, 1.82) is 0 Å². The summed E-state index contributed by atoms with van der Waals surface area (Å²) in [5.74, 6) is -2.90. The van der Waals surface area contributed by atoms with Crippen molar-refractivity contribution in [1.82, 2.24) is 0 Å². The minimum atomic E-state index is -1.76. The molecule has 6 rings (SSSR count). The van der Waals surface area contributed by atoms with Gasteiger partial charge in [-0.25, -0.2) is 0 Å². The number of amides is 2. The summed E-state index contributed by atoms with van der Waals surface area (Å²) in [7, 11) is -1.76. The largest absolute Gasteiger partial charge is 0.507 e. The molecular weight excluding hydrogens is 605 g/mol. The van der Waals surface area contributed by atoms with Gasteiger partial charge in [-0.3, -0.25) is 14.5 Å². The number of allylic oxidation sites excluding steroid dienone is 2. The molecule has 0 radical (unpaired) electrons. The molecule has 8 nitrogen and oxygen atoms in total. The maximum absolute atomic E-state index is 14.0. The second kappa shape index (κ2) is 14.3. The van der Waals surface area contributed by atoms with Gasteiger partial charge in [0.1, 0.15) is 5.75 Å². The fourth-order valence-corrected chi connectivity index (χ4v) is 7.60. The van der Waals surface area contributed by atoms with Gasteiger partial charge in [-0.2, -0.15) is 0 Å². The van der Waals surface area contributed by atoms with E-state index in [0.717, 1.165) is 44.4 Å². The van der Waals surface area contributed by atoms with Crippen LogP contribution in [-0.4, -0.2) is 57.0 Å². The molecule has 48 heavy (non-hydrogen) atoms. The lowest BCUT2D eigenvalue weighted by Gasteiger charge is -2.36. The van der Waals surface area contributed by atoms with Crippen LogP contribution in [0.1, 0.15) is 50.2 Å². The number of anilines is 1. The Morgan fingerprint density at radius 2 is 1.67 bits per heavy atom. The van der Waals surface area contributed by atoms with Gasteiger partial charge in [0.25, 0.3) is 0 Å². The lowest BCUT2D eigenvalue weighted by atomic mass is 9.67. The molecular formula is C39H40BNO7. The highest BCUT2D eigenvalue weighted by Crippen LogP contribution is 2.48. The van der Waals surface area contributed by atoms with Gasteiger partial charge in [0.05, 0.1) is 30.2 Å². The Morgan fingerprint density at radius 1 is 0.938 bits per heavy atom. The van der Waals surface area contributed by atoms with Crippen molar-refractivity contribution in [2.24, 2.45) is 17.8 Å². The lowest BCUT2D eigenvalue weighted by Crippen LogP contribution is -2.39. The minimum Gasteiger partial charge on any atom is -0.507 e.